The van der Waals surface area contributed by atoms with E-state index in [-0.39, 0.29) is 29.9 Å². The number of nitrogens with one attached hydrogen (secondary N) is 3. The summed E-state index contributed by atoms with van der Waals surface area (Å²) < 4.78 is 28.7. The van der Waals surface area contributed by atoms with Crippen molar-refractivity contribution in [3.63, 3.8) is 0 Å². The number of amides is 2. The van der Waals surface area contributed by atoms with Gasteiger partial charge in [0.1, 0.15) is 11.8 Å². The maximum absolute atomic E-state index is 13.2. The van der Waals surface area contributed by atoms with Crippen LogP contribution < -0.4 is 15.4 Å². The highest BCUT2D eigenvalue weighted by Crippen LogP contribution is 2.64. The Morgan fingerprint density at radius 3 is 2.26 bits per heavy atom. The smallest absolute Gasteiger partial charge is 0.322 e. The van der Waals surface area contributed by atoms with Gasteiger partial charge in [-0.1, -0.05) is 56.3 Å². The van der Waals surface area contributed by atoms with Crippen LogP contribution in [0.5, 0.6) is 0 Å². The first-order chi connectivity index (χ1) is 20.4. The number of urea groups is 1. The number of hydrogen-bond acceptors (Lipinski definition) is 6. The molecular formula is C32H36N4O6S. The summed E-state index contributed by atoms with van der Waals surface area (Å²) in [7, 11) is -4.05. The molecule has 0 radical (unpaired) electrons. The number of nitrogens with zero attached hydrogens (tertiary/aromatic N) is 1. The van der Waals surface area contributed by atoms with Crippen LogP contribution in [0.4, 0.5) is 10.5 Å². The molecule has 3 aromatic rings. The van der Waals surface area contributed by atoms with E-state index in [1.807, 2.05) is 56.3 Å². The number of benzene rings is 2. The molecule has 2 aliphatic carbocycles. The molecule has 226 valence electrons. The molecule has 0 aliphatic heterocycles. The van der Waals surface area contributed by atoms with Crippen LogP contribution in [0.1, 0.15) is 44.4 Å². The fourth-order valence-electron chi connectivity index (χ4n) is 6.53. The van der Waals surface area contributed by atoms with E-state index in [1.54, 1.807) is 30.5 Å². The van der Waals surface area contributed by atoms with Crippen LogP contribution in [0.2, 0.25) is 0 Å². The minimum Gasteiger partial charge on any atom is -0.480 e. The first-order valence-electron chi connectivity index (χ1n) is 14.3. The number of ketones is 1. The molecule has 0 saturated heterocycles. The predicted octanol–water partition coefficient (Wildman–Crippen LogP) is 4.38. The standard InChI is InChI=1S/C32H36N4O6S/c1-31(2)24-14-15-32(31,28(37)18-24)20-43(41,42)36-27(29(38)39)17-21-6-8-22(9-7-21)23-10-12-25(13-11-23)35-30(40)34-19-26-5-3-4-16-33-26/h3-13,16,24,27,36H,14-15,17-20H2,1-2H3,(H,38,39)(H2,34,35,40)/t24?,27-,32+/m0/s1. The van der Waals surface area contributed by atoms with E-state index in [4.69, 9.17) is 0 Å². The molecule has 2 amide bonds. The maximum atomic E-state index is 13.2. The summed E-state index contributed by atoms with van der Waals surface area (Å²) in [5.74, 6) is -1.53. The van der Waals surface area contributed by atoms with Gasteiger partial charge in [0.25, 0.3) is 0 Å². The number of carbonyl (C=O) groups is 3. The summed E-state index contributed by atoms with van der Waals surface area (Å²) in [6.45, 7) is 4.21. The average molecular weight is 605 g/mol. The zero-order valence-electron chi connectivity index (χ0n) is 24.2. The summed E-state index contributed by atoms with van der Waals surface area (Å²) in [5, 5.41) is 15.4. The number of aliphatic carboxylic acids is 1. The Labute approximate surface area is 251 Å². The molecule has 2 aromatic carbocycles. The molecule has 0 spiro atoms. The van der Waals surface area contributed by atoms with E-state index < -0.39 is 32.9 Å². The maximum Gasteiger partial charge on any atom is 0.322 e. The number of carboxylic acids is 1. The Morgan fingerprint density at radius 2 is 1.70 bits per heavy atom. The molecule has 5 rings (SSSR count). The highest BCUT2D eigenvalue weighted by Gasteiger charge is 2.65. The van der Waals surface area contributed by atoms with Crippen molar-refractivity contribution in [1.82, 2.24) is 15.0 Å². The van der Waals surface area contributed by atoms with Crippen LogP contribution >= 0.6 is 0 Å². The van der Waals surface area contributed by atoms with Crippen molar-refractivity contribution in [3.8, 4) is 11.1 Å². The lowest BCUT2D eigenvalue weighted by atomic mass is 9.70. The lowest BCUT2D eigenvalue weighted by Gasteiger charge is -2.36. The van der Waals surface area contributed by atoms with Crippen molar-refractivity contribution >= 4 is 33.5 Å². The lowest BCUT2D eigenvalue weighted by molar-refractivity contribution is -0.138. The minimum atomic E-state index is -4.05. The first-order valence-corrected chi connectivity index (χ1v) is 15.9. The van der Waals surface area contributed by atoms with Crippen LogP contribution in [0.3, 0.4) is 0 Å². The highest BCUT2D eigenvalue weighted by molar-refractivity contribution is 7.89. The van der Waals surface area contributed by atoms with Gasteiger partial charge in [-0.25, -0.2) is 17.9 Å². The molecule has 2 aliphatic rings. The molecule has 1 unspecified atom stereocenters. The minimum absolute atomic E-state index is 0.0331. The van der Waals surface area contributed by atoms with Crippen molar-refractivity contribution in [2.45, 2.75) is 52.1 Å². The van der Waals surface area contributed by atoms with Crippen LogP contribution in [0.25, 0.3) is 11.1 Å². The number of pyridine rings is 1. The molecule has 3 atom stereocenters. The van der Waals surface area contributed by atoms with Gasteiger partial charge in [-0.3, -0.25) is 14.6 Å². The van der Waals surface area contributed by atoms with Crippen molar-refractivity contribution in [3.05, 3.63) is 84.2 Å². The van der Waals surface area contributed by atoms with Crippen molar-refractivity contribution in [2.24, 2.45) is 16.7 Å². The predicted molar refractivity (Wildman–Crippen MR) is 163 cm³/mol. The van der Waals surface area contributed by atoms with Crippen LogP contribution in [-0.2, 0) is 32.6 Å². The van der Waals surface area contributed by atoms with Gasteiger partial charge in [-0.2, -0.15) is 0 Å². The monoisotopic (exact) mass is 604 g/mol. The Hall–Kier alpha value is -4.09. The molecule has 1 heterocycles. The lowest BCUT2D eigenvalue weighted by Crippen LogP contribution is -2.49. The summed E-state index contributed by atoms with van der Waals surface area (Å²) in [6.07, 6.45) is 3.33. The first kappa shape index (κ1) is 30.4. The van der Waals surface area contributed by atoms with Crippen molar-refractivity contribution in [2.75, 3.05) is 11.1 Å². The largest absolute Gasteiger partial charge is 0.480 e. The van der Waals surface area contributed by atoms with Crippen LogP contribution in [-0.4, -0.2) is 48.1 Å². The van der Waals surface area contributed by atoms with E-state index in [2.05, 4.69) is 20.3 Å². The topological polar surface area (TPSA) is 155 Å². The van der Waals surface area contributed by atoms with E-state index >= 15 is 0 Å². The second-order valence-corrected chi connectivity index (χ2v) is 13.8. The van der Waals surface area contributed by atoms with Gasteiger partial charge in [0.2, 0.25) is 10.0 Å². The zero-order valence-corrected chi connectivity index (χ0v) is 25.0. The molecule has 10 nitrogen and oxygen atoms in total. The van der Waals surface area contributed by atoms with Crippen molar-refractivity contribution in [1.29, 1.82) is 0 Å². The van der Waals surface area contributed by atoms with E-state index in [9.17, 15) is 27.9 Å². The quantitative estimate of drug-likeness (QED) is 0.253. The molecule has 2 saturated carbocycles. The number of anilines is 1. The number of aromatic nitrogens is 1. The molecule has 43 heavy (non-hydrogen) atoms. The normalized spacial score (nSPS) is 21.3. The summed E-state index contributed by atoms with van der Waals surface area (Å²) >= 11 is 0. The number of hydrogen-bond donors (Lipinski definition) is 4. The van der Waals surface area contributed by atoms with Crippen LogP contribution in [0.15, 0.2) is 72.9 Å². The van der Waals surface area contributed by atoms with Gasteiger partial charge in [0.05, 0.1) is 18.0 Å². The Morgan fingerprint density at radius 1 is 1.02 bits per heavy atom. The number of Topliss-reactive ketones (excluding diaryl/α,β-unsaturated/α-hetero) is 1. The summed E-state index contributed by atoms with van der Waals surface area (Å²) in [4.78, 5) is 41.2. The Kier molecular flexibility index (Phi) is 8.40. The molecule has 4 N–H and O–H groups in total. The van der Waals surface area contributed by atoms with Crippen molar-refractivity contribution < 1.29 is 27.9 Å². The fraction of sp³-hybridized carbons (Fsp3) is 0.375. The number of fused-ring (bicyclic) bond motifs is 2. The average Bonchev–Trinajstić information content (AvgIpc) is 3.31. The molecule has 11 heteroatoms. The fourth-order valence-corrected chi connectivity index (χ4v) is 8.56. The summed E-state index contributed by atoms with van der Waals surface area (Å²) in [6, 6.07) is 18.2. The van der Waals surface area contributed by atoms with Gasteiger partial charge in [0, 0.05) is 23.7 Å². The molecular weight excluding hydrogens is 568 g/mol. The Balaban J connectivity index is 1.18. The zero-order chi connectivity index (χ0) is 30.8. The number of carbonyl (C=O) groups excluding carboxylic acids is 2. The molecule has 2 fully saturated rings. The van der Waals surface area contributed by atoms with Gasteiger partial charge in [-0.05, 0) is 71.6 Å². The van der Waals surface area contributed by atoms with Gasteiger partial charge >= 0.3 is 12.0 Å². The van der Waals surface area contributed by atoms with E-state index in [1.165, 1.54) is 0 Å². The molecule has 1 aromatic heterocycles. The summed E-state index contributed by atoms with van der Waals surface area (Å²) in [5.41, 5.74) is 2.37. The van der Waals surface area contributed by atoms with E-state index in [0.29, 0.717) is 30.6 Å². The van der Waals surface area contributed by atoms with Crippen LogP contribution in [0, 0.1) is 16.7 Å². The second-order valence-electron chi connectivity index (χ2n) is 12.0. The van der Waals surface area contributed by atoms with Gasteiger partial charge < -0.3 is 15.7 Å². The third kappa shape index (κ3) is 6.47. The Bertz CT molecular complexity index is 1610. The number of carboxylic acid groups (broad SMARTS) is 1. The van der Waals surface area contributed by atoms with Gasteiger partial charge in [0.15, 0.2) is 0 Å². The van der Waals surface area contributed by atoms with Gasteiger partial charge in [-0.15, -0.1) is 0 Å². The SMILES string of the molecule is CC1(C)C2CC[C@@]1(CS(=O)(=O)N[C@@H](Cc1ccc(-c3ccc(NC(=O)NCc4ccccn4)cc3)cc1)C(=O)O)C(=O)C2. The third-order valence-electron chi connectivity index (χ3n) is 9.22. The third-order valence-corrected chi connectivity index (χ3v) is 10.7. The van der Waals surface area contributed by atoms with E-state index in [0.717, 1.165) is 23.2 Å². The number of sulfonamides is 1. The second kappa shape index (κ2) is 11.9. The molecule has 2 bridgehead atoms. The number of rotatable bonds is 11. The highest BCUT2D eigenvalue weighted by atomic mass is 32.2.